The van der Waals surface area contributed by atoms with Crippen molar-refractivity contribution >= 4 is 0 Å². The van der Waals surface area contributed by atoms with E-state index in [2.05, 4.69) is 10.3 Å². The largest absolute Gasteiger partial charge is 0.506 e. The van der Waals surface area contributed by atoms with Crippen molar-refractivity contribution in [1.29, 1.82) is 0 Å². The highest BCUT2D eigenvalue weighted by atomic mass is 19.1. The molecule has 2 N–H and O–H groups in total. The minimum atomic E-state index is -0.248. The maximum atomic E-state index is 13.1. The SMILES string of the molecule is Cc1ccc(O)c(CNC(C)c2cccc(F)c2)n1. The van der Waals surface area contributed by atoms with Crippen LogP contribution in [-0.2, 0) is 6.54 Å². The fourth-order valence-corrected chi connectivity index (χ4v) is 1.88. The Labute approximate surface area is 112 Å². The molecule has 0 fully saturated rings. The van der Waals surface area contributed by atoms with Crippen LogP contribution in [0.15, 0.2) is 36.4 Å². The number of halogens is 1. The Morgan fingerprint density at radius 1 is 1.32 bits per heavy atom. The minimum absolute atomic E-state index is 0.0163. The van der Waals surface area contributed by atoms with Gasteiger partial charge in [-0.05, 0) is 43.7 Å². The van der Waals surface area contributed by atoms with Crippen LogP contribution in [0.2, 0.25) is 0 Å². The Morgan fingerprint density at radius 3 is 2.84 bits per heavy atom. The van der Waals surface area contributed by atoms with E-state index in [9.17, 15) is 9.50 Å². The summed E-state index contributed by atoms with van der Waals surface area (Å²) in [5.41, 5.74) is 2.32. The number of hydrogen-bond donors (Lipinski definition) is 2. The lowest BCUT2D eigenvalue weighted by Gasteiger charge is -2.14. The first-order valence-electron chi connectivity index (χ1n) is 6.20. The molecular weight excluding hydrogens is 243 g/mol. The second-order valence-corrected chi connectivity index (χ2v) is 4.58. The molecule has 0 bridgehead atoms. The van der Waals surface area contributed by atoms with Gasteiger partial charge >= 0.3 is 0 Å². The Balaban J connectivity index is 2.04. The molecule has 0 aliphatic rings. The monoisotopic (exact) mass is 260 g/mol. The van der Waals surface area contributed by atoms with Crippen LogP contribution in [0.25, 0.3) is 0 Å². The van der Waals surface area contributed by atoms with Gasteiger partial charge in [0.25, 0.3) is 0 Å². The van der Waals surface area contributed by atoms with Crippen LogP contribution in [-0.4, -0.2) is 10.1 Å². The van der Waals surface area contributed by atoms with Gasteiger partial charge in [-0.25, -0.2) is 4.39 Å². The van der Waals surface area contributed by atoms with E-state index >= 15 is 0 Å². The average Bonchev–Trinajstić information content (AvgIpc) is 2.39. The van der Waals surface area contributed by atoms with Gasteiger partial charge in [-0.3, -0.25) is 4.98 Å². The molecule has 0 amide bonds. The smallest absolute Gasteiger partial charge is 0.138 e. The highest BCUT2D eigenvalue weighted by molar-refractivity contribution is 5.28. The molecule has 1 aromatic heterocycles. The molecule has 1 heterocycles. The van der Waals surface area contributed by atoms with E-state index in [-0.39, 0.29) is 17.6 Å². The maximum absolute atomic E-state index is 13.1. The molecule has 100 valence electrons. The highest BCUT2D eigenvalue weighted by Gasteiger charge is 2.08. The molecular formula is C15H17FN2O. The van der Waals surface area contributed by atoms with Crippen molar-refractivity contribution in [2.24, 2.45) is 0 Å². The van der Waals surface area contributed by atoms with Gasteiger partial charge in [0.05, 0.1) is 5.69 Å². The first kappa shape index (κ1) is 13.5. The lowest BCUT2D eigenvalue weighted by atomic mass is 10.1. The maximum Gasteiger partial charge on any atom is 0.138 e. The number of hydrogen-bond acceptors (Lipinski definition) is 3. The average molecular weight is 260 g/mol. The van der Waals surface area contributed by atoms with E-state index < -0.39 is 0 Å². The van der Waals surface area contributed by atoms with Crippen molar-refractivity contribution in [3.05, 3.63) is 59.2 Å². The van der Waals surface area contributed by atoms with Crippen molar-refractivity contribution in [2.45, 2.75) is 26.4 Å². The lowest BCUT2D eigenvalue weighted by molar-refractivity contribution is 0.454. The second kappa shape index (κ2) is 5.80. The van der Waals surface area contributed by atoms with Gasteiger partial charge < -0.3 is 10.4 Å². The van der Waals surface area contributed by atoms with Crippen molar-refractivity contribution in [3.63, 3.8) is 0 Å². The number of aromatic hydroxyl groups is 1. The number of nitrogens with zero attached hydrogens (tertiary/aromatic N) is 1. The zero-order chi connectivity index (χ0) is 13.8. The quantitative estimate of drug-likeness (QED) is 0.888. The Bertz CT molecular complexity index is 572. The minimum Gasteiger partial charge on any atom is -0.506 e. The van der Waals surface area contributed by atoms with Crippen LogP contribution >= 0.6 is 0 Å². The summed E-state index contributed by atoms with van der Waals surface area (Å²) in [5, 5.41) is 12.9. The summed E-state index contributed by atoms with van der Waals surface area (Å²) in [4.78, 5) is 4.27. The van der Waals surface area contributed by atoms with Crippen LogP contribution in [0.3, 0.4) is 0 Å². The highest BCUT2D eigenvalue weighted by Crippen LogP contribution is 2.17. The summed E-state index contributed by atoms with van der Waals surface area (Å²) >= 11 is 0. The van der Waals surface area contributed by atoms with E-state index in [1.807, 2.05) is 19.9 Å². The van der Waals surface area contributed by atoms with Gasteiger partial charge in [0.2, 0.25) is 0 Å². The third-order valence-electron chi connectivity index (χ3n) is 3.01. The molecule has 0 aliphatic heterocycles. The van der Waals surface area contributed by atoms with Crippen LogP contribution in [0.1, 0.15) is 29.9 Å². The Hall–Kier alpha value is -1.94. The van der Waals surface area contributed by atoms with E-state index in [1.54, 1.807) is 18.2 Å². The number of benzene rings is 1. The molecule has 0 spiro atoms. The van der Waals surface area contributed by atoms with Crippen molar-refractivity contribution in [1.82, 2.24) is 10.3 Å². The van der Waals surface area contributed by atoms with E-state index in [0.29, 0.717) is 12.2 Å². The molecule has 2 aromatic rings. The number of pyridine rings is 1. The molecule has 1 aromatic carbocycles. The fourth-order valence-electron chi connectivity index (χ4n) is 1.88. The molecule has 0 radical (unpaired) electrons. The predicted octanol–water partition coefficient (Wildman–Crippen LogP) is 3.09. The molecule has 3 nitrogen and oxygen atoms in total. The number of nitrogens with one attached hydrogen (secondary N) is 1. The number of rotatable bonds is 4. The van der Waals surface area contributed by atoms with Gasteiger partial charge in [-0.15, -0.1) is 0 Å². The van der Waals surface area contributed by atoms with Crippen LogP contribution < -0.4 is 5.32 Å². The summed E-state index contributed by atoms with van der Waals surface area (Å²) in [6.07, 6.45) is 0. The Morgan fingerprint density at radius 2 is 2.11 bits per heavy atom. The van der Waals surface area contributed by atoms with Gasteiger partial charge in [0.15, 0.2) is 0 Å². The summed E-state index contributed by atoms with van der Waals surface area (Å²) in [5.74, 6) is -0.0766. The Kier molecular flexibility index (Phi) is 4.12. The van der Waals surface area contributed by atoms with E-state index in [1.165, 1.54) is 12.1 Å². The third kappa shape index (κ3) is 3.51. The lowest BCUT2D eigenvalue weighted by Crippen LogP contribution is -2.19. The number of aromatic nitrogens is 1. The summed E-state index contributed by atoms with van der Waals surface area (Å²) in [7, 11) is 0. The van der Waals surface area contributed by atoms with Crippen molar-refractivity contribution < 1.29 is 9.50 Å². The van der Waals surface area contributed by atoms with Gasteiger partial charge in [-0.2, -0.15) is 0 Å². The summed E-state index contributed by atoms with van der Waals surface area (Å²) < 4.78 is 13.1. The molecule has 19 heavy (non-hydrogen) atoms. The molecule has 0 aliphatic carbocycles. The van der Waals surface area contributed by atoms with Gasteiger partial charge in [0.1, 0.15) is 11.6 Å². The third-order valence-corrected chi connectivity index (χ3v) is 3.01. The molecule has 0 saturated heterocycles. The molecule has 2 rings (SSSR count). The zero-order valence-corrected chi connectivity index (χ0v) is 11.0. The van der Waals surface area contributed by atoms with Crippen molar-refractivity contribution in [2.75, 3.05) is 0 Å². The molecule has 1 atom stereocenters. The summed E-state index contributed by atoms with van der Waals surface area (Å²) in [6, 6.07) is 9.85. The molecule has 4 heteroatoms. The molecule has 1 unspecified atom stereocenters. The van der Waals surface area contributed by atoms with Crippen LogP contribution in [0.5, 0.6) is 5.75 Å². The molecule has 0 saturated carbocycles. The topological polar surface area (TPSA) is 45.1 Å². The summed E-state index contributed by atoms with van der Waals surface area (Å²) in [6.45, 7) is 4.26. The van der Waals surface area contributed by atoms with Gasteiger partial charge in [-0.1, -0.05) is 12.1 Å². The van der Waals surface area contributed by atoms with Gasteiger partial charge in [0, 0.05) is 18.3 Å². The van der Waals surface area contributed by atoms with E-state index in [0.717, 1.165) is 11.3 Å². The fraction of sp³-hybridized carbons (Fsp3) is 0.267. The second-order valence-electron chi connectivity index (χ2n) is 4.58. The number of aryl methyl sites for hydroxylation is 1. The van der Waals surface area contributed by atoms with Crippen LogP contribution in [0, 0.1) is 12.7 Å². The van der Waals surface area contributed by atoms with Crippen molar-refractivity contribution in [3.8, 4) is 5.75 Å². The normalized spacial score (nSPS) is 12.4. The first-order valence-corrected chi connectivity index (χ1v) is 6.20. The van der Waals surface area contributed by atoms with Crippen LogP contribution in [0.4, 0.5) is 4.39 Å². The standard InChI is InChI=1S/C15H17FN2O/c1-10-6-7-15(19)14(18-10)9-17-11(2)12-4-3-5-13(16)8-12/h3-8,11,17,19H,9H2,1-2H3. The zero-order valence-electron chi connectivity index (χ0n) is 11.0. The predicted molar refractivity (Wildman–Crippen MR) is 72.3 cm³/mol. The first-order chi connectivity index (χ1) is 9.06. The van der Waals surface area contributed by atoms with E-state index in [4.69, 9.17) is 0 Å².